The predicted molar refractivity (Wildman–Crippen MR) is 200 cm³/mol. The van der Waals surface area contributed by atoms with Gasteiger partial charge in [-0.05, 0) is 120 Å². The molecular formula is C45H40N2. The second-order valence-corrected chi connectivity index (χ2v) is 13.9. The molecule has 0 radical (unpaired) electrons. The highest BCUT2D eigenvalue weighted by atomic mass is 15.2. The molecule has 4 aliphatic carbocycles. The summed E-state index contributed by atoms with van der Waals surface area (Å²) >= 11 is 0. The molecule has 4 aliphatic rings. The van der Waals surface area contributed by atoms with Gasteiger partial charge in [0.1, 0.15) is 0 Å². The Bertz CT molecular complexity index is 2200. The molecule has 0 amide bonds. The SMILES string of the molecule is CC1(C)c2cc(N(c3ccc(C4=CCCC=C4)cc3)C3C=CC=CC3)ccc2-c2ccc(-n3c4c(c5ccccc53)CCC=C4)cc21. The first-order valence-corrected chi connectivity index (χ1v) is 17.3. The average molecular weight is 609 g/mol. The molecule has 1 aromatic heterocycles. The third kappa shape index (κ3) is 4.53. The van der Waals surface area contributed by atoms with Crippen LogP contribution >= 0.6 is 0 Å². The van der Waals surface area contributed by atoms with E-state index in [1.165, 1.54) is 72.6 Å². The minimum atomic E-state index is -0.132. The molecule has 2 nitrogen and oxygen atoms in total. The van der Waals surface area contributed by atoms with E-state index >= 15 is 0 Å². The molecule has 5 aromatic rings. The van der Waals surface area contributed by atoms with Gasteiger partial charge in [-0.1, -0.05) is 105 Å². The number of aromatic nitrogens is 1. The fourth-order valence-corrected chi connectivity index (χ4v) is 8.40. The fraction of sp³-hybridized carbons (Fsp3) is 0.200. The van der Waals surface area contributed by atoms with Crippen LogP contribution in [0.1, 0.15) is 67.5 Å². The third-order valence-corrected chi connectivity index (χ3v) is 10.8. The predicted octanol–water partition coefficient (Wildman–Crippen LogP) is 11.7. The zero-order chi connectivity index (χ0) is 31.5. The molecule has 230 valence electrons. The van der Waals surface area contributed by atoms with E-state index in [0.29, 0.717) is 0 Å². The van der Waals surface area contributed by atoms with E-state index in [2.05, 4.69) is 163 Å². The molecule has 0 N–H and O–H groups in total. The van der Waals surface area contributed by atoms with Crippen LogP contribution in [0.15, 0.2) is 134 Å². The fourth-order valence-electron chi connectivity index (χ4n) is 8.40. The highest BCUT2D eigenvalue weighted by Gasteiger charge is 2.37. The maximum absolute atomic E-state index is 2.53. The number of hydrogen-bond donors (Lipinski definition) is 0. The standard InChI is InChI=1S/C45H40N2/c1-45(2)41-29-35(46(33-15-7-4-8-16-33)34-23-21-32(22-24-34)31-13-5-3-6-14-31)25-27-37(41)38-28-26-36(30-42(38)45)47-43-19-11-9-17-39(43)40-18-10-12-20-44(40)47/h4-5,7-9,11-15,17,19-30,33H,3,6,10,16,18H2,1-2H3. The molecular weight excluding hydrogens is 569 g/mol. The quantitative estimate of drug-likeness (QED) is 0.193. The minimum Gasteiger partial charge on any atom is -0.334 e. The van der Waals surface area contributed by atoms with Gasteiger partial charge in [0.2, 0.25) is 0 Å². The Balaban J connectivity index is 1.12. The molecule has 2 heteroatoms. The van der Waals surface area contributed by atoms with Gasteiger partial charge in [0.15, 0.2) is 0 Å². The zero-order valence-corrected chi connectivity index (χ0v) is 27.3. The Morgan fingerprint density at radius 2 is 1.51 bits per heavy atom. The van der Waals surface area contributed by atoms with E-state index in [4.69, 9.17) is 0 Å². The van der Waals surface area contributed by atoms with Gasteiger partial charge in [0.05, 0.1) is 11.6 Å². The third-order valence-electron chi connectivity index (χ3n) is 10.8. The van der Waals surface area contributed by atoms with Gasteiger partial charge in [0, 0.05) is 33.6 Å². The molecule has 0 aliphatic heterocycles. The number of allylic oxidation sites excluding steroid dienone is 7. The summed E-state index contributed by atoms with van der Waals surface area (Å²) in [4.78, 5) is 2.53. The van der Waals surface area contributed by atoms with Crippen molar-refractivity contribution in [2.45, 2.75) is 57.4 Å². The van der Waals surface area contributed by atoms with Crippen LogP contribution in [0.4, 0.5) is 11.4 Å². The van der Waals surface area contributed by atoms with Gasteiger partial charge < -0.3 is 9.47 Å². The molecule has 0 saturated heterocycles. The van der Waals surface area contributed by atoms with Crippen molar-refractivity contribution in [1.82, 2.24) is 4.57 Å². The van der Waals surface area contributed by atoms with Crippen molar-refractivity contribution < 1.29 is 0 Å². The normalized spacial score (nSPS) is 18.6. The molecule has 0 bridgehead atoms. The van der Waals surface area contributed by atoms with Crippen molar-refractivity contribution >= 4 is 33.9 Å². The average Bonchev–Trinajstić information content (AvgIpc) is 3.58. The highest BCUT2D eigenvalue weighted by Crippen LogP contribution is 2.51. The number of anilines is 2. The van der Waals surface area contributed by atoms with Gasteiger partial charge in [-0.3, -0.25) is 0 Å². The Hall–Kier alpha value is -5.08. The van der Waals surface area contributed by atoms with Crippen molar-refractivity contribution in [3.05, 3.63) is 161 Å². The second-order valence-electron chi connectivity index (χ2n) is 13.9. The number of hydrogen-bond acceptors (Lipinski definition) is 1. The number of rotatable bonds is 5. The van der Waals surface area contributed by atoms with Crippen LogP contribution < -0.4 is 4.90 Å². The van der Waals surface area contributed by atoms with Gasteiger partial charge in [-0.15, -0.1) is 0 Å². The van der Waals surface area contributed by atoms with Gasteiger partial charge >= 0.3 is 0 Å². The van der Waals surface area contributed by atoms with Crippen molar-refractivity contribution in [1.29, 1.82) is 0 Å². The zero-order valence-electron chi connectivity index (χ0n) is 27.3. The largest absolute Gasteiger partial charge is 0.334 e. The van der Waals surface area contributed by atoms with Crippen LogP contribution in [0.25, 0.3) is 39.4 Å². The summed E-state index contributed by atoms with van der Waals surface area (Å²) in [7, 11) is 0. The van der Waals surface area contributed by atoms with Crippen LogP contribution in [-0.4, -0.2) is 10.6 Å². The number of fused-ring (bicyclic) bond motifs is 6. The maximum atomic E-state index is 2.53. The van der Waals surface area contributed by atoms with Crippen LogP contribution in [-0.2, 0) is 11.8 Å². The number of para-hydroxylation sites is 1. The summed E-state index contributed by atoms with van der Waals surface area (Å²) in [5, 5.41) is 1.38. The monoisotopic (exact) mass is 608 g/mol. The summed E-state index contributed by atoms with van der Waals surface area (Å²) < 4.78 is 2.48. The Kier molecular flexibility index (Phi) is 6.61. The van der Waals surface area contributed by atoms with Crippen molar-refractivity contribution in [2.24, 2.45) is 0 Å². The second kappa shape index (κ2) is 11.0. The van der Waals surface area contributed by atoms with Crippen molar-refractivity contribution in [2.75, 3.05) is 4.90 Å². The first kappa shape index (κ1) is 28.2. The van der Waals surface area contributed by atoms with E-state index in [0.717, 1.165) is 32.1 Å². The molecule has 0 saturated carbocycles. The van der Waals surface area contributed by atoms with Gasteiger partial charge in [0.25, 0.3) is 0 Å². The summed E-state index contributed by atoms with van der Waals surface area (Å²) in [6.45, 7) is 4.81. The molecule has 4 aromatic carbocycles. The van der Waals surface area contributed by atoms with Gasteiger partial charge in [-0.25, -0.2) is 0 Å². The topological polar surface area (TPSA) is 8.17 Å². The molecule has 1 unspecified atom stereocenters. The number of aryl methyl sites for hydroxylation is 1. The first-order chi connectivity index (χ1) is 23.1. The Labute approximate surface area is 278 Å². The van der Waals surface area contributed by atoms with E-state index in [9.17, 15) is 0 Å². The summed E-state index contributed by atoms with van der Waals surface area (Å²) in [5.74, 6) is 0. The Morgan fingerprint density at radius 3 is 2.32 bits per heavy atom. The van der Waals surface area contributed by atoms with E-state index in [1.807, 2.05) is 0 Å². The summed E-state index contributed by atoms with van der Waals surface area (Å²) in [6.07, 6.45) is 26.0. The molecule has 1 heterocycles. The lowest BCUT2D eigenvalue weighted by Gasteiger charge is -2.34. The Morgan fingerprint density at radius 1 is 0.723 bits per heavy atom. The number of benzene rings is 4. The van der Waals surface area contributed by atoms with Crippen LogP contribution in [0.2, 0.25) is 0 Å². The molecule has 9 rings (SSSR count). The molecule has 0 spiro atoms. The minimum absolute atomic E-state index is 0.132. The lowest BCUT2D eigenvalue weighted by atomic mass is 9.82. The molecule has 1 atom stereocenters. The first-order valence-electron chi connectivity index (χ1n) is 17.3. The maximum Gasteiger partial charge on any atom is 0.0559 e. The van der Waals surface area contributed by atoms with E-state index in [-0.39, 0.29) is 11.5 Å². The smallest absolute Gasteiger partial charge is 0.0559 e. The van der Waals surface area contributed by atoms with Crippen LogP contribution in [0.3, 0.4) is 0 Å². The lowest BCUT2D eigenvalue weighted by molar-refractivity contribution is 0.659. The van der Waals surface area contributed by atoms with Crippen LogP contribution in [0.5, 0.6) is 0 Å². The van der Waals surface area contributed by atoms with E-state index in [1.54, 1.807) is 0 Å². The summed E-state index contributed by atoms with van der Waals surface area (Å²) in [6, 6.07) is 32.7. The van der Waals surface area contributed by atoms with Crippen molar-refractivity contribution in [3.63, 3.8) is 0 Å². The molecule has 47 heavy (non-hydrogen) atoms. The molecule has 0 fully saturated rings. The lowest BCUT2D eigenvalue weighted by Crippen LogP contribution is -2.30. The summed E-state index contributed by atoms with van der Waals surface area (Å²) in [5.41, 5.74) is 15.8. The number of nitrogens with zero attached hydrogens (tertiary/aromatic N) is 2. The van der Waals surface area contributed by atoms with Gasteiger partial charge in [-0.2, -0.15) is 0 Å². The van der Waals surface area contributed by atoms with E-state index < -0.39 is 0 Å². The van der Waals surface area contributed by atoms with Crippen molar-refractivity contribution in [3.8, 4) is 16.8 Å². The highest BCUT2D eigenvalue weighted by molar-refractivity contribution is 5.91. The van der Waals surface area contributed by atoms with Crippen LogP contribution in [0, 0.1) is 0 Å².